The number of hydrogen-bond acceptors (Lipinski definition) is 8. The van der Waals surface area contributed by atoms with Gasteiger partial charge in [0, 0.05) is 78.5 Å². The number of anilines is 2. The van der Waals surface area contributed by atoms with Crippen molar-refractivity contribution in [1.82, 2.24) is 15.0 Å². The van der Waals surface area contributed by atoms with Gasteiger partial charge in [-0.2, -0.15) is 0 Å². The number of carbonyl (C=O) groups is 3. The topological polar surface area (TPSA) is 127 Å². The minimum absolute atomic E-state index is 0.0793. The molecule has 6 aromatic rings. The number of methoxy groups -OCH3 is 1. The molecule has 0 spiro atoms. The summed E-state index contributed by atoms with van der Waals surface area (Å²) in [5, 5.41) is 4.06. The van der Waals surface area contributed by atoms with E-state index in [0.717, 1.165) is 61.3 Å². The van der Waals surface area contributed by atoms with E-state index in [0.29, 0.717) is 46.3 Å². The van der Waals surface area contributed by atoms with Crippen molar-refractivity contribution in [2.24, 2.45) is 0 Å². The number of nitrogens with one attached hydrogen (secondary N) is 2. The Morgan fingerprint density at radius 2 is 1.45 bits per heavy atom. The first kappa shape index (κ1) is 37.9. The van der Waals surface area contributed by atoms with E-state index >= 15 is 0 Å². The van der Waals surface area contributed by atoms with Crippen molar-refractivity contribution in [3.63, 3.8) is 0 Å². The van der Waals surface area contributed by atoms with Crippen molar-refractivity contribution >= 4 is 83.5 Å². The van der Waals surface area contributed by atoms with Gasteiger partial charge in [-0.1, -0.05) is 55.6 Å². The average Bonchev–Trinajstić information content (AvgIpc) is 3.63. The van der Waals surface area contributed by atoms with Crippen molar-refractivity contribution in [2.75, 3.05) is 43.6 Å². The molecule has 1 aliphatic rings. The molecule has 3 aromatic heterocycles. The molecule has 0 aliphatic carbocycles. The lowest BCUT2D eigenvalue weighted by molar-refractivity contribution is 0.103. The van der Waals surface area contributed by atoms with E-state index in [9.17, 15) is 14.4 Å². The Labute approximate surface area is 328 Å². The SMILES string of the molecule is COC(=O)Nc1cc(C(=O)c2cc(C)nc(N3CCOCC3)c2)cc(-c2cccc3[nH]ccc23)c1.Cc1cc(C(=O)c2cc(Br)cc(Br)c2)cc(Cl)n1. The molecule has 1 fully saturated rings. The van der Waals surface area contributed by atoms with Gasteiger partial charge in [-0.15, -0.1) is 0 Å². The summed E-state index contributed by atoms with van der Waals surface area (Å²) in [5.74, 6) is 0.531. The Morgan fingerprint density at radius 1 is 0.811 bits per heavy atom. The molecule has 3 aromatic carbocycles. The van der Waals surface area contributed by atoms with Gasteiger partial charge >= 0.3 is 6.09 Å². The number of carbonyl (C=O) groups excluding carboxylic acids is 3. The fraction of sp³-hybridized carbons (Fsp3) is 0.175. The second-order valence-corrected chi connectivity index (χ2v) is 14.5. The van der Waals surface area contributed by atoms with Crippen LogP contribution in [-0.2, 0) is 9.47 Å². The maximum Gasteiger partial charge on any atom is 0.411 e. The van der Waals surface area contributed by atoms with Crippen LogP contribution in [0, 0.1) is 13.8 Å². The number of amides is 1. The fourth-order valence-corrected chi connectivity index (χ4v) is 7.55. The van der Waals surface area contributed by atoms with Crippen LogP contribution in [0.3, 0.4) is 0 Å². The van der Waals surface area contributed by atoms with Gasteiger partial charge in [-0.3, -0.25) is 14.9 Å². The number of nitrogens with zero attached hydrogens (tertiary/aromatic N) is 3. The Morgan fingerprint density at radius 3 is 2.13 bits per heavy atom. The number of pyridine rings is 2. The summed E-state index contributed by atoms with van der Waals surface area (Å²) >= 11 is 12.6. The first-order chi connectivity index (χ1) is 25.5. The van der Waals surface area contributed by atoms with Crippen LogP contribution in [0.25, 0.3) is 22.0 Å². The highest BCUT2D eigenvalue weighted by Gasteiger charge is 2.19. The van der Waals surface area contributed by atoms with Crippen LogP contribution in [0.15, 0.2) is 100 Å². The van der Waals surface area contributed by atoms with Crippen LogP contribution in [0.5, 0.6) is 0 Å². The second kappa shape index (κ2) is 16.9. The molecule has 4 heterocycles. The van der Waals surface area contributed by atoms with Crippen LogP contribution in [0.2, 0.25) is 5.15 Å². The number of rotatable bonds is 7. The van der Waals surface area contributed by atoms with E-state index < -0.39 is 6.09 Å². The minimum atomic E-state index is -0.602. The van der Waals surface area contributed by atoms with E-state index in [2.05, 4.69) is 57.0 Å². The predicted molar refractivity (Wildman–Crippen MR) is 214 cm³/mol. The van der Waals surface area contributed by atoms with Gasteiger partial charge in [0.2, 0.25) is 0 Å². The lowest BCUT2D eigenvalue weighted by atomic mass is 9.95. The van der Waals surface area contributed by atoms with E-state index in [4.69, 9.17) is 21.1 Å². The smallest absolute Gasteiger partial charge is 0.411 e. The van der Waals surface area contributed by atoms with Crippen LogP contribution in [0.1, 0.15) is 43.2 Å². The van der Waals surface area contributed by atoms with Gasteiger partial charge in [0.1, 0.15) is 11.0 Å². The monoisotopic (exact) mass is 857 g/mol. The highest BCUT2D eigenvalue weighted by atomic mass is 79.9. The first-order valence-corrected chi connectivity index (χ1v) is 18.5. The number of halogens is 3. The van der Waals surface area contributed by atoms with Gasteiger partial charge < -0.3 is 19.4 Å². The maximum atomic E-state index is 13.7. The Kier molecular flexibility index (Phi) is 12.0. The number of H-pyrrole nitrogens is 1. The van der Waals surface area contributed by atoms with Crippen molar-refractivity contribution in [2.45, 2.75) is 13.8 Å². The molecule has 270 valence electrons. The molecule has 0 bridgehead atoms. The molecule has 1 amide bonds. The normalized spacial score (nSPS) is 12.5. The molecule has 1 saturated heterocycles. The largest absolute Gasteiger partial charge is 0.453 e. The molecule has 0 atom stereocenters. The van der Waals surface area contributed by atoms with Gasteiger partial charge in [0.25, 0.3) is 0 Å². The molecular weight excluding hydrogens is 826 g/mol. The summed E-state index contributed by atoms with van der Waals surface area (Å²) in [7, 11) is 1.30. The van der Waals surface area contributed by atoms with E-state index in [1.807, 2.05) is 61.7 Å². The summed E-state index contributed by atoms with van der Waals surface area (Å²) in [4.78, 5) is 52.0. The minimum Gasteiger partial charge on any atom is -0.453 e. The predicted octanol–water partition coefficient (Wildman–Crippen LogP) is 9.58. The third-order valence-electron chi connectivity index (χ3n) is 8.38. The number of fused-ring (bicyclic) bond motifs is 1. The summed E-state index contributed by atoms with van der Waals surface area (Å²) in [6.07, 6.45) is 1.28. The molecule has 53 heavy (non-hydrogen) atoms. The number of ether oxygens (including phenoxy) is 2. The molecule has 0 radical (unpaired) electrons. The van der Waals surface area contributed by atoms with Gasteiger partial charge in [0.15, 0.2) is 11.6 Å². The molecule has 0 saturated carbocycles. The Hall–Kier alpha value is -4.88. The highest BCUT2D eigenvalue weighted by molar-refractivity contribution is 9.11. The Balaban J connectivity index is 0.000000225. The number of ketones is 2. The van der Waals surface area contributed by atoms with Crippen molar-refractivity contribution in [3.8, 4) is 11.1 Å². The van der Waals surface area contributed by atoms with Gasteiger partial charge in [-0.25, -0.2) is 14.8 Å². The Bertz CT molecular complexity index is 2250. The summed E-state index contributed by atoms with van der Waals surface area (Å²) in [5.41, 5.74) is 6.85. The molecule has 1 aliphatic heterocycles. The summed E-state index contributed by atoms with van der Waals surface area (Å²) < 4.78 is 11.9. The van der Waals surface area contributed by atoms with E-state index in [1.165, 1.54) is 7.11 Å². The number of aromatic amines is 1. The quantitative estimate of drug-likeness (QED) is 0.120. The standard InChI is InChI=1S/C27H26N4O4.C13H8Br2ClNO/c1-17-12-19(16-25(29-17)31-8-10-35-11-9-31)26(32)20-13-18(14-21(15-20)30-27(33)34-2)22-4-3-5-24-23(22)6-7-28-24;1-7-2-8(5-12(16)17-7)13(18)9-3-10(14)6-11(15)4-9/h3-7,12-16,28H,8-11H2,1-2H3,(H,30,33);2-6H,1H3. The number of benzene rings is 3. The number of aryl methyl sites for hydroxylation is 2. The van der Waals surface area contributed by atoms with Crippen molar-refractivity contribution in [3.05, 3.63) is 139 Å². The number of aromatic nitrogens is 3. The number of hydrogen-bond donors (Lipinski definition) is 2. The van der Waals surface area contributed by atoms with Crippen LogP contribution in [0.4, 0.5) is 16.3 Å². The highest BCUT2D eigenvalue weighted by Crippen LogP contribution is 2.32. The van der Waals surface area contributed by atoms with Gasteiger partial charge in [-0.05, 0) is 97.8 Å². The lowest BCUT2D eigenvalue weighted by Gasteiger charge is -2.28. The molecule has 13 heteroatoms. The number of morpholine rings is 1. The van der Waals surface area contributed by atoms with Crippen molar-refractivity contribution in [1.29, 1.82) is 0 Å². The van der Waals surface area contributed by atoms with Crippen molar-refractivity contribution < 1.29 is 23.9 Å². The molecular formula is C40H34Br2ClN5O5. The molecule has 10 nitrogen and oxygen atoms in total. The van der Waals surface area contributed by atoms with Gasteiger partial charge in [0.05, 0.1) is 20.3 Å². The fourth-order valence-electron chi connectivity index (χ4n) is 6.01. The van der Waals surface area contributed by atoms with Crippen LogP contribution in [-0.4, -0.2) is 66.0 Å². The summed E-state index contributed by atoms with van der Waals surface area (Å²) in [6, 6.07) is 25.7. The molecule has 0 unspecified atom stereocenters. The molecule has 2 N–H and O–H groups in total. The zero-order valence-corrected chi connectivity index (χ0v) is 32.9. The average molecular weight is 860 g/mol. The van der Waals surface area contributed by atoms with E-state index in [-0.39, 0.29) is 11.6 Å². The van der Waals surface area contributed by atoms with E-state index in [1.54, 1.807) is 43.3 Å². The zero-order valence-electron chi connectivity index (χ0n) is 29.0. The second-order valence-electron chi connectivity index (χ2n) is 12.3. The lowest BCUT2D eigenvalue weighted by Crippen LogP contribution is -2.37. The first-order valence-electron chi connectivity index (χ1n) is 16.5. The maximum absolute atomic E-state index is 13.7. The zero-order chi connectivity index (χ0) is 37.6. The third kappa shape index (κ3) is 9.38. The van der Waals surface area contributed by atoms with Crippen LogP contribution < -0.4 is 10.2 Å². The van der Waals surface area contributed by atoms with Crippen LogP contribution >= 0.6 is 43.5 Å². The molecule has 7 rings (SSSR count). The third-order valence-corrected chi connectivity index (χ3v) is 9.49. The summed E-state index contributed by atoms with van der Waals surface area (Å²) in [6.45, 7) is 6.41.